The van der Waals surface area contributed by atoms with Crippen molar-refractivity contribution >= 4 is 22.9 Å². The van der Waals surface area contributed by atoms with Crippen LogP contribution >= 0.6 is 0 Å². The lowest BCUT2D eigenvalue weighted by molar-refractivity contribution is -0.132. The van der Waals surface area contributed by atoms with E-state index in [1.807, 2.05) is 40.7 Å². The highest BCUT2D eigenvalue weighted by molar-refractivity contribution is 5.81. The number of nitrogens with one attached hydrogen (secondary N) is 1. The van der Waals surface area contributed by atoms with Gasteiger partial charge in [0.05, 0.1) is 36.5 Å². The lowest BCUT2D eigenvalue weighted by Crippen LogP contribution is -2.42. The summed E-state index contributed by atoms with van der Waals surface area (Å²) in [6.45, 7) is 5.61. The van der Waals surface area contributed by atoms with Crippen LogP contribution in [0.5, 0.6) is 0 Å². The van der Waals surface area contributed by atoms with Gasteiger partial charge in [0, 0.05) is 25.2 Å². The van der Waals surface area contributed by atoms with E-state index >= 15 is 0 Å². The molecule has 1 amide bonds. The van der Waals surface area contributed by atoms with Crippen molar-refractivity contribution in [2.75, 3.05) is 37.7 Å². The van der Waals surface area contributed by atoms with Gasteiger partial charge in [0.2, 0.25) is 11.9 Å². The number of morpholine rings is 1. The fourth-order valence-corrected chi connectivity index (χ4v) is 4.20. The second-order valence-corrected chi connectivity index (χ2v) is 7.71. The van der Waals surface area contributed by atoms with E-state index in [9.17, 15) is 9.59 Å². The fourth-order valence-electron chi connectivity index (χ4n) is 4.20. The molecule has 0 radical (unpaired) electrons. The normalized spacial score (nSPS) is 16.7. The number of carbonyl (C=O) groups is 1. The number of rotatable bonds is 3. The van der Waals surface area contributed by atoms with Crippen molar-refractivity contribution in [3.8, 4) is 0 Å². The fraction of sp³-hybridized carbons (Fsp3) is 0.429. The number of aryl methyl sites for hydroxylation is 1. The molecule has 9 heteroatoms. The Morgan fingerprint density at radius 1 is 1.17 bits per heavy atom. The highest BCUT2D eigenvalue weighted by Gasteiger charge is 2.26. The Hall–Kier alpha value is -3.20. The molecule has 0 aliphatic carbocycles. The van der Waals surface area contributed by atoms with Crippen LogP contribution in [0.25, 0.3) is 11.0 Å². The van der Waals surface area contributed by atoms with E-state index in [2.05, 4.69) is 9.97 Å². The van der Waals surface area contributed by atoms with Crippen LogP contribution in [-0.4, -0.2) is 63.2 Å². The number of hydrogen-bond acceptors (Lipinski definition) is 6. The van der Waals surface area contributed by atoms with Crippen molar-refractivity contribution in [3.05, 3.63) is 51.7 Å². The van der Waals surface area contributed by atoms with Crippen molar-refractivity contribution in [3.63, 3.8) is 0 Å². The number of hydrogen-bond donors (Lipinski definition) is 1. The lowest BCUT2D eigenvalue weighted by atomic mass is 10.1. The molecule has 1 N–H and O–H groups in total. The zero-order valence-corrected chi connectivity index (χ0v) is 16.9. The highest BCUT2D eigenvalue weighted by atomic mass is 16.5. The van der Waals surface area contributed by atoms with Gasteiger partial charge in [0.25, 0.3) is 5.56 Å². The van der Waals surface area contributed by atoms with Crippen LogP contribution in [0.4, 0.5) is 5.95 Å². The molecular weight excluding hydrogens is 384 g/mol. The SMILES string of the molecule is Cc1nc2ccccc2n1CC(=O)N1CCc2c(nc(N3CCOCC3)[nH]c2=O)C1. The Kier molecular flexibility index (Phi) is 4.74. The first-order valence-corrected chi connectivity index (χ1v) is 10.2. The van der Waals surface area contributed by atoms with Crippen molar-refractivity contribution in [1.82, 2.24) is 24.4 Å². The van der Waals surface area contributed by atoms with Gasteiger partial charge in [-0.25, -0.2) is 9.97 Å². The maximum atomic E-state index is 13.1. The second-order valence-electron chi connectivity index (χ2n) is 7.71. The standard InChI is InChI=1S/C21H24N6O3/c1-14-22-16-4-2-3-5-18(16)27(14)13-19(28)26-7-6-15-17(12-26)23-21(24-20(15)29)25-8-10-30-11-9-25/h2-5H,6-13H2,1H3,(H,23,24,29). The number of fused-ring (bicyclic) bond motifs is 2. The summed E-state index contributed by atoms with van der Waals surface area (Å²) in [6, 6.07) is 7.82. The predicted molar refractivity (Wildman–Crippen MR) is 111 cm³/mol. The van der Waals surface area contributed by atoms with Crippen LogP contribution in [0.1, 0.15) is 17.1 Å². The molecule has 5 rings (SSSR count). The minimum atomic E-state index is -0.106. The third-order valence-electron chi connectivity index (χ3n) is 5.86. The third-order valence-corrected chi connectivity index (χ3v) is 5.86. The van der Waals surface area contributed by atoms with Gasteiger partial charge >= 0.3 is 0 Å². The summed E-state index contributed by atoms with van der Waals surface area (Å²) < 4.78 is 7.32. The Morgan fingerprint density at radius 3 is 2.80 bits per heavy atom. The minimum Gasteiger partial charge on any atom is -0.378 e. The smallest absolute Gasteiger partial charge is 0.255 e. The molecule has 3 aromatic rings. The monoisotopic (exact) mass is 408 g/mol. The van der Waals surface area contributed by atoms with E-state index in [0.29, 0.717) is 63.0 Å². The van der Waals surface area contributed by atoms with E-state index in [1.165, 1.54) is 0 Å². The zero-order valence-electron chi connectivity index (χ0n) is 16.9. The molecule has 2 aliphatic rings. The van der Waals surface area contributed by atoms with E-state index in [0.717, 1.165) is 16.9 Å². The van der Waals surface area contributed by atoms with Crippen LogP contribution in [0.3, 0.4) is 0 Å². The Bertz CT molecular complexity index is 1160. The number of carbonyl (C=O) groups excluding carboxylic acids is 1. The van der Waals surface area contributed by atoms with E-state index < -0.39 is 0 Å². The van der Waals surface area contributed by atoms with Crippen molar-refractivity contribution < 1.29 is 9.53 Å². The van der Waals surface area contributed by atoms with Crippen molar-refractivity contribution in [1.29, 1.82) is 0 Å². The number of para-hydroxylation sites is 2. The molecule has 1 fully saturated rings. The summed E-state index contributed by atoms with van der Waals surface area (Å²) in [4.78, 5) is 41.6. The second kappa shape index (κ2) is 7.56. The summed E-state index contributed by atoms with van der Waals surface area (Å²) in [5, 5.41) is 0. The molecule has 0 unspecified atom stereocenters. The quantitative estimate of drug-likeness (QED) is 0.690. The first kappa shape index (κ1) is 18.8. The van der Waals surface area contributed by atoms with Gasteiger partial charge in [-0.1, -0.05) is 12.1 Å². The number of nitrogens with zero attached hydrogens (tertiary/aromatic N) is 5. The molecule has 2 aliphatic heterocycles. The van der Waals surface area contributed by atoms with Gasteiger partial charge in [0.1, 0.15) is 12.4 Å². The number of benzene rings is 1. The molecule has 4 heterocycles. The summed E-state index contributed by atoms with van der Waals surface area (Å²) in [7, 11) is 0. The molecule has 2 aromatic heterocycles. The maximum absolute atomic E-state index is 13.1. The Balaban J connectivity index is 1.38. The number of aromatic nitrogens is 4. The molecule has 0 saturated carbocycles. The molecule has 1 aromatic carbocycles. The Morgan fingerprint density at radius 2 is 1.97 bits per heavy atom. The Labute approximate surface area is 173 Å². The average molecular weight is 408 g/mol. The van der Waals surface area contributed by atoms with Crippen LogP contribution in [0.15, 0.2) is 29.1 Å². The molecule has 30 heavy (non-hydrogen) atoms. The molecular formula is C21H24N6O3. The van der Waals surface area contributed by atoms with Crippen LogP contribution < -0.4 is 10.5 Å². The van der Waals surface area contributed by atoms with Crippen LogP contribution in [-0.2, 0) is 29.0 Å². The average Bonchev–Trinajstić information content (AvgIpc) is 3.09. The van der Waals surface area contributed by atoms with E-state index in [4.69, 9.17) is 9.72 Å². The van der Waals surface area contributed by atoms with Crippen molar-refractivity contribution in [2.24, 2.45) is 0 Å². The minimum absolute atomic E-state index is 0.00177. The molecule has 0 atom stereocenters. The number of aromatic amines is 1. The first-order valence-electron chi connectivity index (χ1n) is 10.2. The van der Waals surface area contributed by atoms with Crippen LogP contribution in [0.2, 0.25) is 0 Å². The van der Waals surface area contributed by atoms with Crippen LogP contribution in [0, 0.1) is 6.92 Å². The van der Waals surface area contributed by atoms with E-state index in [1.54, 1.807) is 4.90 Å². The number of H-pyrrole nitrogens is 1. The number of anilines is 1. The van der Waals surface area contributed by atoms with Gasteiger partial charge in [-0.2, -0.15) is 0 Å². The summed E-state index contributed by atoms with van der Waals surface area (Å²) in [5.41, 5.74) is 3.09. The summed E-state index contributed by atoms with van der Waals surface area (Å²) >= 11 is 0. The van der Waals surface area contributed by atoms with Gasteiger partial charge in [-0.05, 0) is 25.5 Å². The summed E-state index contributed by atoms with van der Waals surface area (Å²) in [6.07, 6.45) is 0.510. The summed E-state index contributed by atoms with van der Waals surface area (Å²) in [5.74, 6) is 1.38. The van der Waals surface area contributed by atoms with E-state index in [-0.39, 0.29) is 18.0 Å². The molecule has 9 nitrogen and oxygen atoms in total. The lowest BCUT2D eigenvalue weighted by Gasteiger charge is -2.31. The van der Waals surface area contributed by atoms with Gasteiger partial charge in [-0.3, -0.25) is 14.6 Å². The van der Waals surface area contributed by atoms with Gasteiger partial charge in [0.15, 0.2) is 0 Å². The molecule has 0 bridgehead atoms. The van der Waals surface area contributed by atoms with Crippen molar-refractivity contribution in [2.45, 2.75) is 26.4 Å². The first-order chi connectivity index (χ1) is 14.6. The topological polar surface area (TPSA) is 96.3 Å². The maximum Gasteiger partial charge on any atom is 0.255 e. The predicted octanol–water partition coefficient (Wildman–Crippen LogP) is 0.850. The number of ether oxygens (including phenoxy) is 1. The molecule has 1 saturated heterocycles. The number of amides is 1. The van der Waals surface area contributed by atoms with Gasteiger partial charge in [-0.15, -0.1) is 0 Å². The van der Waals surface area contributed by atoms with Gasteiger partial charge < -0.3 is 19.1 Å². The largest absolute Gasteiger partial charge is 0.378 e. The molecule has 156 valence electrons. The zero-order chi connectivity index (χ0) is 20.7. The highest BCUT2D eigenvalue weighted by Crippen LogP contribution is 2.19. The third kappa shape index (κ3) is 3.35. The number of imidazole rings is 1. The molecule has 0 spiro atoms.